The number of imidazole rings is 1. The molecule has 0 aliphatic rings. The second kappa shape index (κ2) is 3.06. The van der Waals surface area contributed by atoms with E-state index in [1.165, 1.54) is 12.3 Å². The molecule has 4 nitrogen and oxygen atoms in total. The molecule has 0 aliphatic carbocycles. The average molecular weight is 220 g/mol. The molecule has 0 saturated carbocycles. The van der Waals surface area contributed by atoms with Crippen molar-refractivity contribution in [2.45, 2.75) is 6.43 Å². The first kappa shape index (κ1) is 9.14. The van der Waals surface area contributed by atoms with Gasteiger partial charge >= 0.3 is 0 Å². The summed E-state index contributed by atoms with van der Waals surface area (Å²) in [6.45, 7) is 0. The van der Waals surface area contributed by atoms with Crippen LogP contribution >= 0.6 is 11.6 Å². The van der Waals surface area contributed by atoms with Gasteiger partial charge in [0.15, 0.2) is 5.65 Å². The lowest BCUT2D eigenvalue weighted by atomic mass is 10.4. The van der Waals surface area contributed by atoms with Crippen LogP contribution < -0.4 is 0 Å². The molecule has 2 aromatic rings. The zero-order chi connectivity index (χ0) is 10.3. The number of aromatic nitrogens is 3. The van der Waals surface area contributed by atoms with Crippen LogP contribution in [0, 0.1) is 0 Å². The van der Waals surface area contributed by atoms with Gasteiger partial charge in [0.1, 0.15) is 5.52 Å². The number of pyridine rings is 1. The summed E-state index contributed by atoms with van der Waals surface area (Å²) in [5, 5.41) is 9.41. The Morgan fingerprint density at radius 1 is 1.50 bits per heavy atom. The molecule has 0 amide bonds. The van der Waals surface area contributed by atoms with Crippen LogP contribution in [-0.4, -0.2) is 19.9 Å². The Balaban J connectivity index is 2.81. The Labute approximate surface area is 81.7 Å². The number of nitrogens with zero attached hydrogens (tertiary/aromatic N) is 3. The van der Waals surface area contributed by atoms with E-state index in [0.717, 1.165) is 0 Å². The van der Waals surface area contributed by atoms with Crippen molar-refractivity contribution in [1.29, 1.82) is 0 Å². The fourth-order valence-electron chi connectivity index (χ4n) is 1.11. The highest BCUT2D eigenvalue weighted by Crippen LogP contribution is 2.25. The van der Waals surface area contributed by atoms with Crippen molar-refractivity contribution in [1.82, 2.24) is 14.7 Å². The van der Waals surface area contributed by atoms with Gasteiger partial charge < -0.3 is 5.21 Å². The van der Waals surface area contributed by atoms with Crippen LogP contribution in [0.15, 0.2) is 12.3 Å². The molecule has 74 valence electrons. The normalized spacial score (nSPS) is 11.4. The molecule has 0 bridgehead atoms. The van der Waals surface area contributed by atoms with E-state index in [1.54, 1.807) is 0 Å². The zero-order valence-corrected chi connectivity index (χ0v) is 7.41. The van der Waals surface area contributed by atoms with Crippen molar-refractivity contribution in [3.05, 3.63) is 23.1 Å². The molecule has 0 radical (unpaired) electrons. The SMILES string of the molecule is On1c(C(F)F)nc2nccc(Cl)c21. The van der Waals surface area contributed by atoms with Crippen LogP contribution in [0.2, 0.25) is 5.02 Å². The Bertz CT molecular complexity index is 485. The topological polar surface area (TPSA) is 50.9 Å². The lowest BCUT2D eigenvalue weighted by molar-refractivity contribution is 0.0948. The summed E-state index contributed by atoms with van der Waals surface area (Å²) in [4.78, 5) is 7.14. The minimum Gasteiger partial charge on any atom is -0.426 e. The minimum atomic E-state index is -2.87. The van der Waals surface area contributed by atoms with E-state index >= 15 is 0 Å². The summed E-state index contributed by atoms with van der Waals surface area (Å²) in [5.41, 5.74) is -0.0141. The molecular weight excluding hydrogens is 216 g/mol. The Hall–Kier alpha value is -1.43. The molecule has 0 atom stereocenters. The Morgan fingerprint density at radius 2 is 2.21 bits per heavy atom. The number of alkyl halides is 2. The van der Waals surface area contributed by atoms with Gasteiger partial charge in [-0.05, 0) is 6.07 Å². The molecule has 0 aliphatic heterocycles. The number of halogens is 3. The van der Waals surface area contributed by atoms with Crippen molar-refractivity contribution < 1.29 is 14.0 Å². The van der Waals surface area contributed by atoms with E-state index in [4.69, 9.17) is 11.6 Å². The third kappa shape index (κ3) is 1.19. The summed E-state index contributed by atoms with van der Waals surface area (Å²) in [6.07, 6.45) is -1.54. The Morgan fingerprint density at radius 3 is 2.79 bits per heavy atom. The smallest absolute Gasteiger partial charge is 0.298 e. The van der Waals surface area contributed by atoms with Crippen LogP contribution in [0.25, 0.3) is 11.2 Å². The molecule has 0 aromatic carbocycles. The molecule has 2 aromatic heterocycles. The van der Waals surface area contributed by atoms with Crippen molar-refractivity contribution in [2.24, 2.45) is 0 Å². The van der Waals surface area contributed by atoms with Crippen molar-refractivity contribution in [3.63, 3.8) is 0 Å². The number of fused-ring (bicyclic) bond motifs is 1. The molecule has 0 fully saturated rings. The third-order valence-corrected chi connectivity index (χ3v) is 2.01. The summed E-state index contributed by atoms with van der Waals surface area (Å²) in [7, 11) is 0. The van der Waals surface area contributed by atoms with Crippen molar-refractivity contribution >= 4 is 22.8 Å². The first-order chi connectivity index (χ1) is 6.61. The lowest BCUT2D eigenvalue weighted by Gasteiger charge is -1.98. The predicted octanol–water partition coefficient (Wildman–Crippen LogP) is 2.26. The monoisotopic (exact) mass is 219 g/mol. The number of hydrogen-bond acceptors (Lipinski definition) is 3. The van der Waals surface area contributed by atoms with E-state index in [1.807, 2.05) is 0 Å². The maximum Gasteiger partial charge on any atom is 0.298 e. The molecular formula is C7H4ClF2N3O. The predicted molar refractivity (Wildman–Crippen MR) is 44.7 cm³/mol. The van der Waals surface area contributed by atoms with Gasteiger partial charge in [0.05, 0.1) is 5.02 Å². The fourth-order valence-corrected chi connectivity index (χ4v) is 1.33. The van der Waals surface area contributed by atoms with Gasteiger partial charge in [0, 0.05) is 6.20 Å². The fraction of sp³-hybridized carbons (Fsp3) is 0.143. The lowest BCUT2D eigenvalue weighted by Crippen LogP contribution is -1.99. The molecule has 7 heteroatoms. The molecule has 14 heavy (non-hydrogen) atoms. The van der Waals surface area contributed by atoms with Crippen LogP contribution in [0.1, 0.15) is 12.2 Å². The van der Waals surface area contributed by atoms with Crippen LogP contribution in [-0.2, 0) is 0 Å². The number of hydrogen-bond donors (Lipinski definition) is 1. The van der Waals surface area contributed by atoms with Gasteiger partial charge in [-0.1, -0.05) is 11.6 Å². The van der Waals surface area contributed by atoms with Crippen LogP contribution in [0.3, 0.4) is 0 Å². The summed E-state index contributed by atoms with van der Waals surface area (Å²) in [5.74, 6) is -0.763. The van der Waals surface area contributed by atoms with Gasteiger partial charge in [-0.25, -0.2) is 18.7 Å². The van der Waals surface area contributed by atoms with E-state index in [0.29, 0.717) is 0 Å². The average Bonchev–Trinajstić information content (AvgIpc) is 2.45. The standard InChI is InChI=1S/C7H4ClF2N3O/c8-3-1-2-11-6-4(3)13(14)7(12-6)5(9)10/h1-2,5,14H. The quantitative estimate of drug-likeness (QED) is 0.749. The van der Waals surface area contributed by atoms with Gasteiger partial charge in [-0.15, -0.1) is 0 Å². The van der Waals surface area contributed by atoms with Gasteiger partial charge in [0.2, 0.25) is 5.82 Å². The highest BCUT2D eigenvalue weighted by molar-refractivity contribution is 6.34. The second-order valence-corrected chi connectivity index (χ2v) is 2.95. The minimum absolute atomic E-state index is 0.00435. The van der Waals surface area contributed by atoms with E-state index in [9.17, 15) is 14.0 Å². The first-order valence-corrected chi connectivity index (χ1v) is 3.99. The van der Waals surface area contributed by atoms with E-state index in [2.05, 4.69) is 9.97 Å². The van der Waals surface area contributed by atoms with Crippen LogP contribution in [0.4, 0.5) is 8.78 Å². The summed E-state index contributed by atoms with van der Waals surface area (Å²) < 4.78 is 24.8. The molecule has 1 N–H and O–H groups in total. The summed E-state index contributed by atoms with van der Waals surface area (Å²) >= 11 is 5.67. The third-order valence-electron chi connectivity index (χ3n) is 1.70. The second-order valence-electron chi connectivity index (χ2n) is 2.55. The first-order valence-electron chi connectivity index (χ1n) is 3.61. The van der Waals surface area contributed by atoms with E-state index < -0.39 is 12.2 Å². The van der Waals surface area contributed by atoms with Crippen molar-refractivity contribution in [3.8, 4) is 0 Å². The molecule has 0 saturated heterocycles. The largest absolute Gasteiger partial charge is 0.426 e. The van der Waals surface area contributed by atoms with Gasteiger partial charge in [0.25, 0.3) is 6.43 Å². The molecule has 0 unspecified atom stereocenters. The maximum absolute atomic E-state index is 12.3. The maximum atomic E-state index is 12.3. The highest BCUT2D eigenvalue weighted by Gasteiger charge is 2.20. The highest BCUT2D eigenvalue weighted by atomic mass is 35.5. The van der Waals surface area contributed by atoms with Gasteiger partial charge in [-0.2, -0.15) is 4.73 Å². The Kier molecular flexibility index (Phi) is 1.99. The van der Waals surface area contributed by atoms with Crippen molar-refractivity contribution in [2.75, 3.05) is 0 Å². The van der Waals surface area contributed by atoms with E-state index in [-0.39, 0.29) is 20.9 Å². The number of rotatable bonds is 1. The van der Waals surface area contributed by atoms with Crippen LogP contribution in [0.5, 0.6) is 0 Å². The van der Waals surface area contributed by atoms with Gasteiger partial charge in [-0.3, -0.25) is 0 Å². The molecule has 0 spiro atoms. The molecule has 2 rings (SSSR count). The molecule has 2 heterocycles. The summed E-state index contributed by atoms with van der Waals surface area (Å²) in [6, 6.07) is 1.38. The zero-order valence-electron chi connectivity index (χ0n) is 6.65.